The standard InChI is InChI=1S/C15H12N4O/c20-13-5-3-4-11-7-8-12(18-15(11)13)10-17-19-14-6-1-2-9-16-14/h1-9,20H,10H2. The van der Waals surface area contributed by atoms with Crippen LogP contribution in [0.4, 0.5) is 5.82 Å². The Hall–Kier alpha value is -2.82. The molecule has 0 bridgehead atoms. The number of pyridine rings is 2. The van der Waals surface area contributed by atoms with E-state index in [9.17, 15) is 5.11 Å². The van der Waals surface area contributed by atoms with E-state index < -0.39 is 0 Å². The Bertz CT molecular complexity index is 756. The van der Waals surface area contributed by atoms with Gasteiger partial charge in [-0.1, -0.05) is 24.3 Å². The van der Waals surface area contributed by atoms with Gasteiger partial charge in [-0.3, -0.25) is 0 Å². The van der Waals surface area contributed by atoms with E-state index in [0.717, 1.165) is 11.1 Å². The number of benzene rings is 1. The Kier molecular flexibility index (Phi) is 3.33. The molecule has 0 spiro atoms. The number of para-hydroxylation sites is 1. The van der Waals surface area contributed by atoms with E-state index in [-0.39, 0.29) is 5.75 Å². The van der Waals surface area contributed by atoms with Crippen LogP contribution >= 0.6 is 0 Å². The molecule has 1 aromatic carbocycles. The second-order valence-electron chi connectivity index (χ2n) is 4.24. The van der Waals surface area contributed by atoms with Crippen LogP contribution in [0.5, 0.6) is 5.75 Å². The van der Waals surface area contributed by atoms with Crippen LogP contribution in [0.1, 0.15) is 5.69 Å². The van der Waals surface area contributed by atoms with Crippen molar-refractivity contribution in [2.24, 2.45) is 10.2 Å². The summed E-state index contributed by atoms with van der Waals surface area (Å²) >= 11 is 0. The van der Waals surface area contributed by atoms with Gasteiger partial charge >= 0.3 is 0 Å². The lowest BCUT2D eigenvalue weighted by atomic mass is 10.2. The van der Waals surface area contributed by atoms with Crippen molar-refractivity contribution in [3.8, 4) is 5.75 Å². The van der Waals surface area contributed by atoms with Crippen LogP contribution in [0.3, 0.4) is 0 Å². The van der Waals surface area contributed by atoms with Gasteiger partial charge in [-0.15, -0.1) is 5.11 Å². The van der Waals surface area contributed by atoms with Crippen molar-refractivity contribution < 1.29 is 5.11 Å². The fourth-order valence-electron chi connectivity index (χ4n) is 1.85. The van der Waals surface area contributed by atoms with Crippen LogP contribution in [0.25, 0.3) is 10.9 Å². The highest BCUT2D eigenvalue weighted by Gasteiger charge is 2.02. The highest BCUT2D eigenvalue weighted by molar-refractivity contribution is 5.84. The number of nitrogens with zero attached hydrogens (tertiary/aromatic N) is 4. The van der Waals surface area contributed by atoms with Crippen LogP contribution < -0.4 is 0 Å². The number of fused-ring (bicyclic) bond motifs is 1. The number of phenols is 1. The Morgan fingerprint density at radius 1 is 1.00 bits per heavy atom. The zero-order valence-corrected chi connectivity index (χ0v) is 10.6. The SMILES string of the molecule is Oc1cccc2ccc(CN=Nc3ccccn3)nc12. The van der Waals surface area contributed by atoms with E-state index in [1.54, 1.807) is 24.4 Å². The summed E-state index contributed by atoms with van der Waals surface area (Å²) < 4.78 is 0. The molecular formula is C15H12N4O. The molecule has 0 aliphatic rings. The van der Waals surface area contributed by atoms with Crippen molar-refractivity contribution >= 4 is 16.7 Å². The summed E-state index contributed by atoms with van der Waals surface area (Å²) in [6.45, 7) is 0.348. The molecule has 5 heteroatoms. The Morgan fingerprint density at radius 3 is 2.80 bits per heavy atom. The number of hydrogen-bond donors (Lipinski definition) is 1. The number of hydrogen-bond acceptors (Lipinski definition) is 5. The minimum Gasteiger partial charge on any atom is -0.506 e. The number of aromatic nitrogens is 2. The topological polar surface area (TPSA) is 70.7 Å². The molecule has 0 aliphatic heterocycles. The van der Waals surface area contributed by atoms with Gasteiger partial charge in [0.15, 0.2) is 5.82 Å². The lowest BCUT2D eigenvalue weighted by Gasteiger charge is -2.01. The fraction of sp³-hybridized carbons (Fsp3) is 0.0667. The summed E-state index contributed by atoms with van der Waals surface area (Å²) in [6, 6.07) is 14.6. The molecule has 2 heterocycles. The predicted molar refractivity (Wildman–Crippen MR) is 75.9 cm³/mol. The summed E-state index contributed by atoms with van der Waals surface area (Å²) in [7, 11) is 0. The first kappa shape index (κ1) is 12.2. The van der Waals surface area contributed by atoms with Crippen molar-refractivity contribution in [1.82, 2.24) is 9.97 Å². The third kappa shape index (κ3) is 2.61. The maximum Gasteiger partial charge on any atom is 0.173 e. The van der Waals surface area contributed by atoms with Gasteiger partial charge in [0, 0.05) is 11.6 Å². The highest BCUT2D eigenvalue weighted by Crippen LogP contribution is 2.22. The lowest BCUT2D eigenvalue weighted by Crippen LogP contribution is -1.88. The van der Waals surface area contributed by atoms with Gasteiger partial charge in [-0.25, -0.2) is 9.97 Å². The molecule has 0 saturated heterocycles. The molecule has 0 fully saturated rings. The molecule has 3 aromatic rings. The second kappa shape index (κ2) is 5.44. The smallest absolute Gasteiger partial charge is 0.173 e. The van der Waals surface area contributed by atoms with E-state index in [2.05, 4.69) is 20.2 Å². The lowest BCUT2D eigenvalue weighted by molar-refractivity contribution is 0.480. The first-order valence-electron chi connectivity index (χ1n) is 6.19. The average molecular weight is 264 g/mol. The summed E-state index contributed by atoms with van der Waals surface area (Å²) in [5, 5.41) is 18.8. The van der Waals surface area contributed by atoms with Crippen molar-refractivity contribution in [1.29, 1.82) is 0 Å². The second-order valence-corrected chi connectivity index (χ2v) is 4.24. The molecule has 0 amide bonds. The number of rotatable bonds is 3. The quantitative estimate of drug-likeness (QED) is 0.734. The molecule has 0 unspecified atom stereocenters. The maximum atomic E-state index is 9.77. The zero-order valence-electron chi connectivity index (χ0n) is 10.6. The molecule has 0 saturated carbocycles. The molecule has 3 rings (SSSR count). The van der Waals surface area contributed by atoms with Gasteiger partial charge in [0.05, 0.1) is 5.69 Å². The van der Waals surface area contributed by atoms with Crippen molar-refractivity contribution in [3.63, 3.8) is 0 Å². The Balaban J connectivity index is 1.81. The highest BCUT2D eigenvalue weighted by atomic mass is 16.3. The molecule has 20 heavy (non-hydrogen) atoms. The normalized spacial score (nSPS) is 11.2. The average Bonchev–Trinajstić information content (AvgIpc) is 2.49. The summed E-state index contributed by atoms with van der Waals surface area (Å²) in [4.78, 5) is 8.43. The number of aromatic hydroxyl groups is 1. The van der Waals surface area contributed by atoms with Gasteiger partial charge in [0.25, 0.3) is 0 Å². The van der Waals surface area contributed by atoms with E-state index in [0.29, 0.717) is 17.9 Å². The number of phenolic OH excluding ortho intramolecular Hbond substituents is 1. The Morgan fingerprint density at radius 2 is 1.95 bits per heavy atom. The van der Waals surface area contributed by atoms with E-state index >= 15 is 0 Å². The van der Waals surface area contributed by atoms with Gasteiger partial charge in [0.1, 0.15) is 17.8 Å². The third-order valence-electron chi connectivity index (χ3n) is 2.81. The predicted octanol–water partition coefficient (Wildman–Crippen LogP) is 3.62. The van der Waals surface area contributed by atoms with Crippen molar-refractivity contribution in [2.75, 3.05) is 0 Å². The fourth-order valence-corrected chi connectivity index (χ4v) is 1.85. The molecule has 0 radical (unpaired) electrons. The Labute approximate surface area is 115 Å². The van der Waals surface area contributed by atoms with Gasteiger partial charge in [-0.05, 0) is 24.3 Å². The molecule has 0 atom stereocenters. The van der Waals surface area contributed by atoms with Crippen molar-refractivity contribution in [3.05, 3.63) is 60.4 Å². The molecule has 98 valence electrons. The van der Waals surface area contributed by atoms with E-state index in [1.807, 2.05) is 30.3 Å². The summed E-state index contributed by atoms with van der Waals surface area (Å²) in [6.07, 6.45) is 1.67. The minimum atomic E-state index is 0.172. The van der Waals surface area contributed by atoms with Gasteiger partial charge in [-0.2, -0.15) is 5.11 Å². The van der Waals surface area contributed by atoms with Crippen molar-refractivity contribution in [2.45, 2.75) is 6.54 Å². The molecule has 0 aliphatic carbocycles. The largest absolute Gasteiger partial charge is 0.506 e. The molecule has 1 N–H and O–H groups in total. The van der Waals surface area contributed by atoms with E-state index in [4.69, 9.17) is 0 Å². The monoisotopic (exact) mass is 264 g/mol. The van der Waals surface area contributed by atoms with Gasteiger partial charge in [0.2, 0.25) is 0 Å². The van der Waals surface area contributed by atoms with E-state index in [1.165, 1.54) is 0 Å². The first-order valence-corrected chi connectivity index (χ1v) is 6.19. The molecular weight excluding hydrogens is 252 g/mol. The molecule has 2 aromatic heterocycles. The minimum absolute atomic E-state index is 0.172. The molecule has 5 nitrogen and oxygen atoms in total. The first-order chi connectivity index (χ1) is 9.83. The van der Waals surface area contributed by atoms with Crippen LogP contribution in [0.15, 0.2) is 65.0 Å². The van der Waals surface area contributed by atoms with Crippen LogP contribution in [0, 0.1) is 0 Å². The third-order valence-corrected chi connectivity index (χ3v) is 2.81. The zero-order chi connectivity index (χ0) is 13.8. The summed E-state index contributed by atoms with van der Waals surface area (Å²) in [5.41, 5.74) is 1.33. The number of azo groups is 1. The van der Waals surface area contributed by atoms with Crippen LogP contribution in [0.2, 0.25) is 0 Å². The van der Waals surface area contributed by atoms with Crippen LogP contribution in [-0.2, 0) is 6.54 Å². The van der Waals surface area contributed by atoms with Crippen LogP contribution in [-0.4, -0.2) is 15.1 Å². The maximum absolute atomic E-state index is 9.77. The summed E-state index contributed by atoms with van der Waals surface area (Å²) in [5.74, 6) is 0.738. The van der Waals surface area contributed by atoms with Gasteiger partial charge < -0.3 is 5.11 Å².